The molecule has 6 heteroatoms. The zero-order valence-electron chi connectivity index (χ0n) is 16.8. The molecule has 3 fully saturated rings. The van der Waals surface area contributed by atoms with Gasteiger partial charge in [0.15, 0.2) is 11.5 Å². The lowest BCUT2D eigenvalue weighted by Crippen LogP contribution is -2.42. The Balaban J connectivity index is 1.29. The molecule has 152 valence electrons. The van der Waals surface area contributed by atoms with Crippen molar-refractivity contribution in [2.75, 3.05) is 27.3 Å². The van der Waals surface area contributed by atoms with Crippen LogP contribution in [0, 0.1) is 17.8 Å². The molecule has 1 saturated heterocycles. The van der Waals surface area contributed by atoms with Crippen molar-refractivity contribution >= 4 is 11.8 Å². The summed E-state index contributed by atoms with van der Waals surface area (Å²) >= 11 is 0. The first-order valence-corrected chi connectivity index (χ1v) is 10.4. The van der Waals surface area contributed by atoms with E-state index in [0.717, 1.165) is 24.3 Å². The Morgan fingerprint density at radius 2 is 2.00 bits per heavy atom. The van der Waals surface area contributed by atoms with E-state index >= 15 is 0 Å². The minimum absolute atomic E-state index is 0.0690. The largest absolute Gasteiger partial charge is 0.493 e. The van der Waals surface area contributed by atoms with Crippen molar-refractivity contribution in [3.8, 4) is 11.5 Å². The van der Waals surface area contributed by atoms with Gasteiger partial charge in [-0.3, -0.25) is 9.59 Å². The average molecular weight is 386 g/mol. The summed E-state index contributed by atoms with van der Waals surface area (Å²) in [5.74, 6) is 2.78. The van der Waals surface area contributed by atoms with Crippen LogP contribution < -0.4 is 14.8 Å². The number of carbonyl (C=O) groups excluding carboxylic acids is 2. The number of methoxy groups -OCH3 is 2. The van der Waals surface area contributed by atoms with Gasteiger partial charge in [0, 0.05) is 25.6 Å². The van der Waals surface area contributed by atoms with Gasteiger partial charge in [0.25, 0.3) is 0 Å². The predicted molar refractivity (Wildman–Crippen MR) is 105 cm³/mol. The van der Waals surface area contributed by atoms with Gasteiger partial charge in [0.1, 0.15) is 0 Å². The molecule has 28 heavy (non-hydrogen) atoms. The number of likely N-dealkylation sites (tertiary alicyclic amines) is 1. The van der Waals surface area contributed by atoms with E-state index in [2.05, 4.69) is 5.32 Å². The number of benzene rings is 1. The molecule has 1 N–H and O–H groups in total. The van der Waals surface area contributed by atoms with Crippen LogP contribution in [0.5, 0.6) is 11.5 Å². The quantitative estimate of drug-likeness (QED) is 0.781. The number of nitrogens with zero attached hydrogens (tertiary/aromatic N) is 1. The van der Waals surface area contributed by atoms with Crippen LogP contribution in [0.15, 0.2) is 18.2 Å². The van der Waals surface area contributed by atoms with Gasteiger partial charge in [0.2, 0.25) is 11.8 Å². The van der Waals surface area contributed by atoms with Gasteiger partial charge in [-0.15, -0.1) is 0 Å². The SMILES string of the molecule is COc1ccc(CCN2C[C@@H](C(=O)N[C@@H]3C[C@H]4CC[C@H]3C4)CC2=O)cc1OC. The number of hydrogen-bond donors (Lipinski definition) is 1. The number of hydrogen-bond acceptors (Lipinski definition) is 4. The number of amides is 2. The van der Waals surface area contributed by atoms with E-state index in [1.54, 1.807) is 14.2 Å². The third-order valence-electron chi connectivity index (χ3n) is 6.77. The van der Waals surface area contributed by atoms with E-state index in [4.69, 9.17) is 9.47 Å². The van der Waals surface area contributed by atoms with E-state index in [1.165, 1.54) is 19.3 Å². The average Bonchev–Trinajstić information content (AvgIpc) is 3.42. The molecule has 1 aliphatic heterocycles. The number of nitrogens with one attached hydrogen (secondary N) is 1. The summed E-state index contributed by atoms with van der Waals surface area (Å²) in [6.07, 6.45) is 6.02. The molecule has 2 amide bonds. The standard InChI is InChI=1S/C22H30N2O4/c1-27-19-6-4-14(11-20(19)28-2)7-8-24-13-17(12-21(24)25)22(26)23-18-10-15-3-5-16(18)9-15/h4,6,11,15-18H,3,5,7-10,12-13H2,1-2H3,(H,23,26)/t15-,16-,17-,18+/m0/s1. The molecule has 3 aliphatic rings. The highest BCUT2D eigenvalue weighted by molar-refractivity contribution is 5.89. The first-order chi connectivity index (χ1) is 13.6. The molecule has 4 rings (SSSR count). The topological polar surface area (TPSA) is 67.9 Å². The minimum atomic E-state index is -0.211. The zero-order valence-corrected chi connectivity index (χ0v) is 16.8. The molecule has 6 nitrogen and oxygen atoms in total. The fourth-order valence-corrected chi connectivity index (χ4v) is 5.19. The van der Waals surface area contributed by atoms with Gasteiger partial charge >= 0.3 is 0 Å². The Labute approximate surface area is 166 Å². The summed E-state index contributed by atoms with van der Waals surface area (Å²) in [5, 5.41) is 3.25. The van der Waals surface area contributed by atoms with Crippen molar-refractivity contribution in [1.29, 1.82) is 0 Å². The Morgan fingerprint density at radius 3 is 2.68 bits per heavy atom. The first kappa shape index (κ1) is 19.1. The lowest BCUT2D eigenvalue weighted by molar-refractivity contribution is -0.129. The second-order valence-corrected chi connectivity index (χ2v) is 8.47. The molecule has 4 atom stereocenters. The molecular weight excluding hydrogens is 356 g/mol. The normalized spacial score (nSPS) is 28.6. The molecule has 1 aromatic rings. The first-order valence-electron chi connectivity index (χ1n) is 10.4. The maximum atomic E-state index is 12.7. The Bertz CT molecular complexity index is 750. The molecule has 2 bridgehead atoms. The van der Waals surface area contributed by atoms with E-state index in [1.807, 2.05) is 23.1 Å². The van der Waals surface area contributed by atoms with Crippen molar-refractivity contribution in [2.24, 2.45) is 17.8 Å². The fourth-order valence-electron chi connectivity index (χ4n) is 5.19. The molecular formula is C22H30N2O4. The second-order valence-electron chi connectivity index (χ2n) is 8.47. The van der Waals surface area contributed by atoms with E-state index in [-0.39, 0.29) is 17.7 Å². The van der Waals surface area contributed by atoms with Crippen molar-refractivity contribution in [2.45, 2.75) is 44.6 Å². The van der Waals surface area contributed by atoms with Crippen LogP contribution in [0.3, 0.4) is 0 Å². The van der Waals surface area contributed by atoms with Crippen molar-refractivity contribution < 1.29 is 19.1 Å². The second kappa shape index (κ2) is 8.02. The Kier molecular flexibility index (Phi) is 5.47. The van der Waals surface area contributed by atoms with Gasteiger partial charge in [-0.05, 0) is 55.2 Å². The Hall–Kier alpha value is -2.24. The summed E-state index contributed by atoms with van der Waals surface area (Å²) in [7, 11) is 3.23. The summed E-state index contributed by atoms with van der Waals surface area (Å²) < 4.78 is 10.6. The summed E-state index contributed by atoms with van der Waals surface area (Å²) in [6.45, 7) is 1.14. The van der Waals surface area contributed by atoms with Gasteiger partial charge < -0.3 is 19.7 Å². The maximum Gasteiger partial charge on any atom is 0.225 e. The molecule has 1 heterocycles. The molecule has 0 aromatic heterocycles. The van der Waals surface area contributed by atoms with Crippen LogP contribution in [-0.2, 0) is 16.0 Å². The van der Waals surface area contributed by atoms with Gasteiger partial charge in [-0.2, -0.15) is 0 Å². The van der Waals surface area contributed by atoms with E-state index in [9.17, 15) is 9.59 Å². The highest BCUT2D eigenvalue weighted by Crippen LogP contribution is 2.44. The zero-order chi connectivity index (χ0) is 19.7. The van der Waals surface area contributed by atoms with E-state index in [0.29, 0.717) is 43.0 Å². The van der Waals surface area contributed by atoms with Crippen LogP contribution in [0.2, 0.25) is 0 Å². The van der Waals surface area contributed by atoms with Gasteiger partial charge in [-0.25, -0.2) is 0 Å². The number of fused-ring (bicyclic) bond motifs is 2. The highest BCUT2D eigenvalue weighted by atomic mass is 16.5. The van der Waals surface area contributed by atoms with Crippen molar-refractivity contribution in [1.82, 2.24) is 10.2 Å². The fraction of sp³-hybridized carbons (Fsp3) is 0.636. The molecule has 2 saturated carbocycles. The molecule has 0 spiro atoms. The number of ether oxygens (including phenoxy) is 2. The van der Waals surface area contributed by atoms with Crippen LogP contribution >= 0.6 is 0 Å². The lowest BCUT2D eigenvalue weighted by atomic mass is 9.94. The maximum absolute atomic E-state index is 12.7. The number of carbonyl (C=O) groups is 2. The van der Waals surface area contributed by atoms with Gasteiger partial charge in [-0.1, -0.05) is 12.5 Å². The smallest absolute Gasteiger partial charge is 0.225 e. The van der Waals surface area contributed by atoms with Crippen LogP contribution in [-0.4, -0.2) is 50.1 Å². The molecule has 1 aromatic carbocycles. The summed E-state index contributed by atoms with van der Waals surface area (Å²) in [5.41, 5.74) is 1.08. The lowest BCUT2D eigenvalue weighted by Gasteiger charge is -2.24. The summed E-state index contributed by atoms with van der Waals surface area (Å²) in [4.78, 5) is 26.9. The molecule has 0 radical (unpaired) electrons. The predicted octanol–water partition coefficient (Wildman–Crippen LogP) is 2.40. The third-order valence-corrected chi connectivity index (χ3v) is 6.77. The third kappa shape index (κ3) is 3.82. The van der Waals surface area contributed by atoms with Crippen LogP contribution in [0.4, 0.5) is 0 Å². The summed E-state index contributed by atoms with van der Waals surface area (Å²) in [6, 6.07) is 6.15. The Morgan fingerprint density at radius 1 is 1.18 bits per heavy atom. The monoisotopic (exact) mass is 386 g/mol. The van der Waals surface area contributed by atoms with E-state index < -0.39 is 0 Å². The van der Waals surface area contributed by atoms with Gasteiger partial charge in [0.05, 0.1) is 20.1 Å². The van der Waals surface area contributed by atoms with Crippen molar-refractivity contribution in [3.05, 3.63) is 23.8 Å². The minimum Gasteiger partial charge on any atom is -0.493 e. The molecule has 0 unspecified atom stereocenters. The highest BCUT2D eigenvalue weighted by Gasteiger charge is 2.42. The van der Waals surface area contributed by atoms with Crippen molar-refractivity contribution in [3.63, 3.8) is 0 Å². The molecule has 2 aliphatic carbocycles. The number of rotatable bonds is 7. The van der Waals surface area contributed by atoms with Crippen LogP contribution in [0.1, 0.15) is 37.7 Å². The van der Waals surface area contributed by atoms with Crippen LogP contribution in [0.25, 0.3) is 0 Å².